The lowest BCUT2D eigenvalue weighted by atomic mass is 10.1. The summed E-state index contributed by atoms with van der Waals surface area (Å²) in [6, 6.07) is 9.73. The number of hydrogen-bond donors (Lipinski definition) is 1. The minimum atomic E-state index is 0.0843. The maximum absolute atomic E-state index is 12.5. The lowest BCUT2D eigenvalue weighted by molar-refractivity contribution is 0.0985. The van der Waals surface area contributed by atoms with Gasteiger partial charge in [-0.3, -0.25) is 4.79 Å². The van der Waals surface area contributed by atoms with Crippen molar-refractivity contribution >= 4 is 28.6 Å². The van der Waals surface area contributed by atoms with Crippen LogP contribution in [0, 0.1) is 0 Å². The van der Waals surface area contributed by atoms with Crippen LogP contribution >= 0.6 is 11.3 Å². The third-order valence-corrected chi connectivity index (χ3v) is 4.13. The maximum Gasteiger partial charge on any atom is 0.268 e. The molecule has 1 amide bonds. The Hall–Kier alpha value is -1.81. The fourth-order valence-electron chi connectivity index (χ4n) is 2.48. The molecule has 3 nitrogen and oxygen atoms in total. The van der Waals surface area contributed by atoms with Gasteiger partial charge in [0.05, 0.1) is 4.88 Å². The van der Waals surface area contributed by atoms with Crippen molar-refractivity contribution in [3.63, 3.8) is 0 Å². The molecule has 2 heterocycles. The number of nitrogen functional groups attached to an aromatic ring is 1. The van der Waals surface area contributed by atoms with Crippen LogP contribution in [0.1, 0.15) is 22.2 Å². The summed E-state index contributed by atoms with van der Waals surface area (Å²) < 4.78 is 0. The number of amides is 1. The molecule has 18 heavy (non-hydrogen) atoms. The summed E-state index contributed by atoms with van der Waals surface area (Å²) >= 11 is 1.48. The van der Waals surface area contributed by atoms with Crippen molar-refractivity contribution in [2.75, 3.05) is 10.6 Å². The summed E-state index contributed by atoms with van der Waals surface area (Å²) in [5, 5.41) is 1.93. The normalized spacial score (nSPS) is 17.8. The molecule has 0 spiro atoms. The molecule has 1 aliphatic heterocycles. The van der Waals surface area contributed by atoms with E-state index in [0.717, 1.165) is 28.2 Å². The van der Waals surface area contributed by atoms with Crippen molar-refractivity contribution < 1.29 is 4.79 Å². The number of nitrogens with zero attached hydrogens (tertiary/aromatic N) is 1. The summed E-state index contributed by atoms with van der Waals surface area (Å²) in [6.45, 7) is 2.07. The molecule has 1 unspecified atom stereocenters. The van der Waals surface area contributed by atoms with E-state index >= 15 is 0 Å². The van der Waals surface area contributed by atoms with Crippen LogP contribution in [0.15, 0.2) is 35.7 Å². The number of carbonyl (C=O) groups is 1. The van der Waals surface area contributed by atoms with Crippen LogP contribution in [0.5, 0.6) is 0 Å². The van der Waals surface area contributed by atoms with Gasteiger partial charge in [0.25, 0.3) is 5.91 Å². The van der Waals surface area contributed by atoms with Gasteiger partial charge in [0, 0.05) is 17.4 Å². The van der Waals surface area contributed by atoms with Gasteiger partial charge >= 0.3 is 0 Å². The molecule has 1 aromatic carbocycles. The molecule has 1 aromatic heterocycles. The first-order valence-corrected chi connectivity index (χ1v) is 6.80. The predicted octanol–water partition coefficient (Wildman–Crippen LogP) is 2.92. The van der Waals surface area contributed by atoms with Crippen molar-refractivity contribution in [3.05, 3.63) is 46.2 Å². The standard InChI is InChI=1S/C14H14N2OS/c1-9-7-10-8-11(15)4-5-12(10)16(9)14(17)13-3-2-6-18-13/h2-6,8-9H,7,15H2,1H3. The minimum absolute atomic E-state index is 0.0843. The smallest absolute Gasteiger partial charge is 0.268 e. The van der Waals surface area contributed by atoms with Crippen molar-refractivity contribution in [1.29, 1.82) is 0 Å². The Balaban J connectivity index is 2.02. The zero-order valence-corrected chi connectivity index (χ0v) is 10.9. The van der Waals surface area contributed by atoms with Crippen LogP contribution < -0.4 is 10.6 Å². The number of hydrogen-bond acceptors (Lipinski definition) is 3. The van der Waals surface area contributed by atoms with Crippen LogP contribution in [0.4, 0.5) is 11.4 Å². The Labute approximate surface area is 110 Å². The largest absolute Gasteiger partial charge is 0.399 e. The van der Waals surface area contributed by atoms with Gasteiger partial charge in [-0.05, 0) is 48.6 Å². The summed E-state index contributed by atoms with van der Waals surface area (Å²) in [4.78, 5) is 15.1. The SMILES string of the molecule is CC1Cc2cc(N)ccc2N1C(=O)c1cccs1. The van der Waals surface area contributed by atoms with Crippen LogP contribution in [-0.2, 0) is 6.42 Å². The second kappa shape index (κ2) is 4.14. The molecule has 0 saturated carbocycles. The average molecular weight is 258 g/mol. The van der Waals surface area contributed by atoms with E-state index in [1.54, 1.807) is 0 Å². The fourth-order valence-corrected chi connectivity index (χ4v) is 3.14. The molecule has 0 saturated heterocycles. The van der Waals surface area contributed by atoms with Gasteiger partial charge < -0.3 is 10.6 Å². The third kappa shape index (κ3) is 1.69. The minimum Gasteiger partial charge on any atom is -0.399 e. The zero-order chi connectivity index (χ0) is 12.7. The maximum atomic E-state index is 12.5. The van der Waals surface area contributed by atoms with Crippen molar-refractivity contribution in [3.8, 4) is 0 Å². The van der Waals surface area contributed by atoms with Gasteiger partial charge in [-0.25, -0.2) is 0 Å². The number of fused-ring (bicyclic) bond motifs is 1. The summed E-state index contributed by atoms with van der Waals surface area (Å²) in [7, 11) is 0. The van der Waals surface area contributed by atoms with E-state index in [1.165, 1.54) is 11.3 Å². The van der Waals surface area contributed by atoms with E-state index < -0.39 is 0 Å². The Morgan fingerprint density at radius 3 is 3.00 bits per heavy atom. The Morgan fingerprint density at radius 1 is 1.44 bits per heavy atom. The van der Waals surface area contributed by atoms with Gasteiger partial charge in [0.2, 0.25) is 0 Å². The van der Waals surface area contributed by atoms with Crippen LogP contribution in [0.2, 0.25) is 0 Å². The Morgan fingerprint density at radius 2 is 2.28 bits per heavy atom. The molecule has 2 aromatic rings. The molecule has 1 atom stereocenters. The van der Waals surface area contributed by atoms with Crippen molar-refractivity contribution in [1.82, 2.24) is 0 Å². The molecule has 0 aliphatic carbocycles. The predicted molar refractivity (Wildman–Crippen MR) is 75.1 cm³/mol. The molecule has 2 N–H and O–H groups in total. The number of rotatable bonds is 1. The highest BCUT2D eigenvalue weighted by molar-refractivity contribution is 7.12. The van der Waals surface area contributed by atoms with Crippen molar-refractivity contribution in [2.24, 2.45) is 0 Å². The third-order valence-electron chi connectivity index (χ3n) is 3.27. The topological polar surface area (TPSA) is 46.3 Å². The second-order valence-electron chi connectivity index (χ2n) is 4.59. The fraction of sp³-hybridized carbons (Fsp3) is 0.214. The molecule has 0 radical (unpaired) electrons. The van der Waals surface area contributed by atoms with Crippen LogP contribution in [0.25, 0.3) is 0 Å². The van der Waals surface area contributed by atoms with Crippen LogP contribution in [0.3, 0.4) is 0 Å². The second-order valence-corrected chi connectivity index (χ2v) is 5.54. The van der Waals surface area contributed by atoms with E-state index in [2.05, 4.69) is 6.92 Å². The van der Waals surface area contributed by atoms with Gasteiger partial charge in [-0.15, -0.1) is 11.3 Å². The highest BCUT2D eigenvalue weighted by atomic mass is 32.1. The molecule has 3 rings (SSSR count). The first-order chi connectivity index (χ1) is 8.66. The molecule has 92 valence electrons. The van der Waals surface area contributed by atoms with Gasteiger partial charge in [0.1, 0.15) is 0 Å². The lowest BCUT2D eigenvalue weighted by Crippen LogP contribution is -2.35. The molecule has 4 heteroatoms. The van der Waals surface area contributed by atoms with E-state index in [-0.39, 0.29) is 11.9 Å². The van der Waals surface area contributed by atoms with Crippen LogP contribution in [-0.4, -0.2) is 11.9 Å². The average Bonchev–Trinajstić information content (AvgIpc) is 2.94. The highest BCUT2D eigenvalue weighted by Crippen LogP contribution is 2.35. The Bertz CT molecular complexity index is 592. The molecule has 0 fully saturated rings. The zero-order valence-electron chi connectivity index (χ0n) is 10.1. The number of benzene rings is 1. The number of anilines is 2. The molecule has 0 bridgehead atoms. The number of carbonyl (C=O) groups excluding carboxylic acids is 1. The lowest BCUT2D eigenvalue weighted by Gasteiger charge is -2.22. The van der Waals surface area contributed by atoms with E-state index in [4.69, 9.17) is 5.73 Å². The van der Waals surface area contributed by atoms with Gasteiger partial charge in [0.15, 0.2) is 0 Å². The molecular formula is C14H14N2OS. The molecular weight excluding hydrogens is 244 g/mol. The first kappa shape index (κ1) is 11.3. The van der Waals surface area contributed by atoms with Crippen molar-refractivity contribution in [2.45, 2.75) is 19.4 Å². The van der Waals surface area contributed by atoms with Gasteiger partial charge in [-0.2, -0.15) is 0 Å². The quantitative estimate of drug-likeness (QED) is 0.799. The number of thiophene rings is 1. The Kier molecular flexibility index (Phi) is 2.59. The van der Waals surface area contributed by atoms with Gasteiger partial charge in [-0.1, -0.05) is 6.07 Å². The van der Waals surface area contributed by atoms with E-state index in [0.29, 0.717) is 0 Å². The summed E-state index contributed by atoms with van der Waals surface area (Å²) in [5.74, 6) is 0.0843. The molecule has 1 aliphatic rings. The summed E-state index contributed by atoms with van der Waals surface area (Å²) in [5.41, 5.74) is 8.70. The summed E-state index contributed by atoms with van der Waals surface area (Å²) in [6.07, 6.45) is 0.873. The highest BCUT2D eigenvalue weighted by Gasteiger charge is 2.31. The monoisotopic (exact) mass is 258 g/mol. The number of nitrogens with two attached hydrogens (primary N) is 1. The first-order valence-electron chi connectivity index (χ1n) is 5.92. The van der Waals surface area contributed by atoms with E-state index in [1.807, 2.05) is 40.6 Å². The van der Waals surface area contributed by atoms with E-state index in [9.17, 15) is 4.79 Å².